The number of thioether (sulfide) groups is 1. The van der Waals surface area contributed by atoms with Crippen LogP contribution < -0.4 is 5.32 Å². The number of rotatable bonds is 10. The highest BCUT2D eigenvalue weighted by molar-refractivity contribution is 8.12. The zero-order chi connectivity index (χ0) is 31.9. The number of likely N-dealkylation sites (tertiary alicyclic amines) is 1. The standard InChI is InChI=1S/C29H37N3O.C9H10OS/c1-5-7-21(3)27(6-2)28-18-25(13-8-22(28)4)29(33)31-26-14-16-32(17-15-26)20-24-11-9-23(19-30)10-12-24;1-8(10)11-7-9-5-3-2-4-6-9/h8-13,18,26H,5-7,14-17,20H2,1-4H3,(H,31,33);2-6H,7H2,1H3/b27-21+;. The number of carbonyl (C=O) groups is 2. The van der Waals surface area contributed by atoms with E-state index in [9.17, 15) is 9.59 Å². The first-order chi connectivity index (χ1) is 21.2. The minimum Gasteiger partial charge on any atom is -0.349 e. The summed E-state index contributed by atoms with van der Waals surface area (Å²) < 4.78 is 0. The summed E-state index contributed by atoms with van der Waals surface area (Å²) in [6.07, 6.45) is 5.13. The van der Waals surface area contributed by atoms with Crippen LogP contribution in [-0.4, -0.2) is 35.1 Å². The van der Waals surface area contributed by atoms with Gasteiger partial charge < -0.3 is 5.32 Å². The Kier molecular flexibility index (Phi) is 14.4. The molecule has 0 spiro atoms. The van der Waals surface area contributed by atoms with Crippen LogP contribution in [0.25, 0.3) is 5.57 Å². The number of aryl methyl sites for hydroxylation is 1. The third-order valence-corrected chi connectivity index (χ3v) is 8.90. The normalized spacial score (nSPS) is 14.1. The average Bonchev–Trinajstić information content (AvgIpc) is 3.03. The van der Waals surface area contributed by atoms with E-state index in [1.165, 1.54) is 45.2 Å². The minimum atomic E-state index is 0.0328. The Morgan fingerprint density at radius 3 is 2.23 bits per heavy atom. The lowest BCUT2D eigenvalue weighted by Crippen LogP contribution is -2.44. The Morgan fingerprint density at radius 2 is 1.64 bits per heavy atom. The maximum Gasteiger partial charge on any atom is 0.251 e. The minimum absolute atomic E-state index is 0.0328. The molecule has 0 saturated carbocycles. The van der Waals surface area contributed by atoms with Crippen LogP contribution in [0.1, 0.15) is 98.0 Å². The number of carbonyl (C=O) groups excluding carboxylic acids is 2. The fourth-order valence-electron chi connectivity index (χ4n) is 5.54. The molecule has 4 rings (SSSR count). The van der Waals surface area contributed by atoms with Crippen LogP contribution in [0.2, 0.25) is 0 Å². The van der Waals surface area contributed by atoms with Gasteiger partial charge in [-0.15, -0.1) is 0 Å². The zero-order valence-corrected chi connectivity index (χ0v) is 27.8. The lowest BCUT2D eigenvalue weighted by atomic mass is 9.91. The van der Waals surface area contributed by atoms with Crippen molar-refractivity contribution in [2.75, 3.05) is 13.1 Å². The van der Waals surface area contributed by atoms with Gasteiger partial charge in [0.05, 0.1) is 11.6 Å². The third-order valence-electron chi connectivity index (χ3n) is 8.02. The first-order valence-electron chi connectivity index (χ1n) is 15.7. The molecule has 0 unspecified atom stereocenters. The van der Waals surface area contributed by atoms with Crippen molar-refractivity contribution < 1.29 is 9.59 Å². The van der Waals surface area contributed by atoms with Crippen LogP contribution in [0.5, 0.6) is 0 Å². The van der Waals surface area contributed by atoms with Crippen LogP contribution >= 0.6 is 11.8 Å². The van der Waals surface area contributed by atoms with Crippen molar-refractivity contribution in [3.05, 3.63) is 112 Å². The summed E-state index contributed by atoms with van der Waals surface area (Å²) in [4.78, 5) is 26.0. The van der Waals surface area contributed by atoms with Gasteiger partial charge in [0, 0.05) is 43.9 Å². The smallest absolute Gasteiger partial charge is 0.251 e. The summed E-state index contributed by atoms with van der Waals surface area (Å²) in [5.74, 6) is 0.821. The van der Waals surface area contributed by atoms with Crippen molar-refractivity contribution in [2.24, 2.45) is 0 Å². The van der Waals surface area contributed by atoms with E-state index in [-0.39, 0.29) is 17.1 Å². The molecule has 0 aliphatic carbocycles. The van der Waals surface area contributed by atoms with E-state index in [0.29, 0.717) is 5.56 Å². The maximum absolute atomic E-state index is 13.0. The quantitative estimate of drug-likeness (QED) is 0.249. The van der Waals surface area contributed by atoms with E-state index >= 15 is 0 Å². The molecule has 6 heteroatoms. The van der Waals surface area contributed by atoms with E-state index in [2.05, 4.69) is 56.1 Å². The Balaban J connectivity index is 0.000000404. The molecule has 1 aliphatic rings. The van der Waals surface area contributed by atoms with Gasteiger partial charge in [-0.25, -0.2) is 0 Å². The summed E-state index contributed by atoms with van der Waals surface area (Å²) in [5.41, 5.74) is 9.13. The Labute approximate surface area is 268 Å². The fourth-order valence-corrected chi connectivity index (χ4v) is 6.10. The Hall–Kier alpha value is -3.66. The number of piperidine rings is 1. The van der Waals surface area contributed by atoms with Gasteiger partial charge in [0.15, 0.2) is 5.12 Å². The van der Waals surface area contributed by atoms with Crippen LogP contribution in [-0.2, 0) is 17.1 Å². The number of nitrogens with one attached hydrogen (secondary N) is 1. The monoisotopic (exact) mass is 609 g/mol. The van der Waals surface area contributed by atoms with Crippen LogP contribution in [0.3, 0.4) is 0 Å². The predicted octanol–water partition coefficient (Wildman–Crippen LogP) is 8.71. The highest BCUT2D eigenvalue weighted by atomic mass is 32.2. The highest BCUT2D eigenvalue weighted by Crippen LogP contribution is 2.28. The number of nitriles is 1. The lowest BCUT2D eigenvalue weighted by Gasteiger charge is -2.32. The summed E-state index contributed by atoms with van der Waals surface area (Å²) in [5, 5.41) is 12.4. The Bertz CT molecular complexity index is 1430. The topological polar surface area (TPSA) is 73.2 Å². The molecular formula is C38H47N3O2S. The van der Waals surface area contributed by atoms with Gasteiger partial charge >= 0.3 is 0 Å². The molecule has 1 N–H and O–H groups in total. The van der Waals surface area contributed by atoms with Gasteiger partial charge in [-0.2, -0.15) is 5.26 Å². The van der Waals surface area contributed by atoms with E-state index < -0.39 is 0 Å². The molecular weight excluding hydrogens is 563 g/mol. The number of nitrogens with zero attached hydrogens (tertiary/aromatic N) is 2. The number of allylic oxidation sites excluding steroid dienone is 2. The predicted molar refractivity (Wildman–Crippen MR) is 184 cm³/mol. The molecule has 3 aromatic rings. The van der Waals surface area contributed by atoms with Gasteiger partial charge in [0.1, 0.15) is 0 Å². The van der Waals surface area contributed by atoms with E-state index in [4.69, 9.17) is 5.26 Å². The van der Waals surface area contributed by atoms with Gasteiger partial charge in [-0.05, 0) is 91.6 Å². The molecule has 1 fully saturated rings. The molecule has 0 aromatic heterocycles. The highest BCUT2D eigenvalue weighted by Gasteiger charge is 2.22. The molecule has 0 radical (unpaired) electrons. The third kappa shape index (κ3) is 11.1. The summed E-state index contributed by atoms with van der Waals surface area (Å²) in [6.45, 7) is 13.2. The second kappa shape index (κ2) is 18.2. The molecule has 1 amide bonds. The number of hydrogen-bond acceptors (Lipinski definition) is 5. The van der Waals surface area contributed by atoms with E-state index in [1.807, 2.05) is 60.7 Å². The molecule has 5 nitrogen and oxygen atoms in total. The molecule has 1 aliphatic heterocycles. The van der Waals surface area contributed by atoms with Crippen LogP contribution in [0, 0.1) is 18.3 Å². The number of benzene rings is 3. The number of hydrogen-bond donors (Lipinski definition) is 1. The first kappa shape index (κ1) is 34.8. The van der Waals surface area contributed by atoms with Crippen molar-refractivity contribution in [1.29, 1.82) is 5.26 Å². The second-order valence-corrected chi connectivity index (χ2v) is 12.6. The lowest BCUT2D eigenvalue weighted by molar-refractivity contribution is -0.109. The molecule has 0 atom stereocenters. The molecule has 44 heavy (non-hydrogen) atoms. The Morgan fingerprint density at radius 1 is 0.955 bits per heavy atom. The van der Waals surface area contributed by atoms with Gasteiger partial charge in [0.25, 0.3) is 5.91 Å². The van der Waals surface area contributed by atoms with E-state index in [1.54, 1.807) is 6.92 Å². The van der Waals surface area contributed by atoms with Crippen molar-refractivity contribution in [3.63, 3.8) is 0 Å². The summed E-state index contributed by atoms with van der Waals surface area (Å²) >= 11 is 1.35. The van der Waals surface area contributed by atoms with Crippen molar-refractivity contribution in [2.45, 2.75) is 85.1 Å². The maximum atomic E-state index is 13.0. The molecule has 1 heterocycles. The molecule has 232 valence electrons. The van der Waals surface area contributed by atoms with Crippen LogP contribution in [0.4, 0.5) is 0 Å². The average molecular weight is 610 g/mol. The molecule has 0 bridgehead atoms. The molecule has 1 saturated heterocycles. The SMILES string of the molecule is CC(=O)SCc1ccccc1.CCC/C(C)=C(\CC)c1cc(C(=O)NC2CCN(Cc3ccc(C#N)cc3)CC2)ccc1C. The number of amides is 1. The van der Waals surface area contributed by atoms with Gasteiger partial charge in [0.2, 0.25) is 0 Å². The zero-order valence-electron chi connectivity index (χ0n) is 27.0. The van der Waals surface area contributed by atoms with Crippen LogP contribution in [0.15, 0.2) is 78.4 Å². The second-order valence-electron chi connectivity index (χ2n) is 11.5. The summed E-state index contributed by atoms with van der Waals surface area (Å²) in [7, 11) is 0. The van der Waals surface area contributed by atoms with Crippen molar-refractivity contribution in [1.82, 2.24) is 10.2 Å². The fraction of sp³-hybridized carbons (Fsp3) is 0.395. The summed E-state index contributed by atoms with van der Waals surface area (Å²) in [6, 6.07) is 26.3. The first-order valence-corrected chi connectivity index (χ1v) is 16.7. The van der Waals surface area contributed by atoms with Crippen molar-refractivity contribution in [3.8, 4) is 6.07 Å². The largest absolute Gasteiger partial charge is 0.349 e. The van der Waals surface area contributed by atoms with E-state index in [0.717, 1.165) is 63.1 Å². The van der Waals surface area contributed by atoms with Crippen molar-refractivity contribution >= 4 is 28.4 Å². The van der Waals surface area contributed by atoms with Gasteiger partial charge in [-0.3, -0.25) is 14.5 Å². The van der Waals surface area contributed by atoms with Gasteiger partial charge in [-0.1, -0.05) is 86.1 Å². The molecule has 3 aromatic carbocycles.